The molecule has 3 aromatic carbocycles. The molecule has 158 valence electrons. The summed E-state index contributed by atoms with van der Waals surface area (Å²) in [6, 6.07) is 23.0. The van der Waals surface area contributed by atoms with E-state index >= 15 is 0 Å². The number of likely N-dealkylation sites (N-methyl/N-ethyl adjacent to an activating group) is 1. The van der Waals surface area contributed by atoms with Gasteiger partial charge in [-0.15, -0.1) is 0 Å². The highest BCUT2D eigenvalue weighted by Gasteiger charge is 2.16. The predicted molar refractivity (Wildman–Crippen MR) is 128 cm³/mol. The van der Waals surface area contributed by atoms with E-state index in [1.807, 2.05) is 30.3 Å². The standard InChI is InChI=1S/C25H26N4OS/c1-28-13-15-29(16-14-28)23-9-5-8-19-10-11-21(18-22(19)23)30-17-12-24-26-25(27-31-24)20-6-3-2-4-7-20/h2-11,18H,12-17H2,1H3. The molecular formula is C25H26N4OS. The van der Waals surface area contributed by atoms with Crippen LogP contribution in [0.2, 0.25) is 0 Å². The van der Waals surface area contributed by atoms with Crippen LogP contribution in [0.4, 0.5) is 5.69 Å². The molecule has 5 rings (SSSR count). The van der Waals surface area contributed by atoms with Gasteiger partial charge < -0.3 is 14.5 Å². The first-order valence-electron chi connectivity index (χ1n) is 10.7. The van der Waals surface area contributed by atoms with Crippen LogP contribution in [0.1, 0.15) is 5.01 Å². The number of anilines is 1. The van der Waals surface area contributed by atoms with Crippen LogP contribution in [0.25, 0.3) is 22.2 Å². The van der Waals surface area contributed by atoms with Crippen LogP contribution in [-0.4, -0.2) is 54.1 Å². The maximum Gasteiger partial charge on any atom is 0.173 e. The number of piperazine rings is 1. The first-order valence-corrected chi connectivity index (χ1v) is 11.5. The summed E-state index contributed by atoms with van der Waals surface area (Å²) in [6.45, 7) is 4.90. The van der Waals surface area contributed by atoms with Crippen LogP contribution < -0.4 is 9.64 Å². The average molecular weight is 431 g/mol. The maximum atomic E-state index is 6.10. The van der Waals surface area contributed by atoms with Gasteiger partial charge >= 0.3 is 0 Å². The minimum Gasteiger partial charge on any atom is -0.493 e. The van der Waals surface area contributed by atoms with E-state index < -0.39 is 0 Å². The first-order chi connectivity index (χ1) is 15.3. The third-order valence-electron chi connectivity index (χ3n) is 5.76. The zero-order valence-electron chi connectivity index (χ0n) is 17.7. The summed E-state index contributed by atoms with van der Waals surface area (Å²) in [5.41, 5.74) is 2.35. The van der Waals surface area contributed by atoms with Crippen molar-refractivity contribution in [2.75, 3.05) is 44.7 Å². The van der Waals surface area contributed by atoms with E-state index in [4.69, 9.17) is 4.74 Å². The van der Waals surface area contributed by atoms with Crippen molar-refractivity contribution in [2.24, 2.45) is 0 Å². The van der Waals surface area contributed by atoms with Gasteiger partial charge in [-0.2, -0.15) is 4.37 Å². The molecule has 1 fully saturated rings. The number of rotatable bonds is 6. The van der Waals surface area contributed by atoms with E-state index in [1.54, 1.807) is 0 Å². The minimum atomic E-state index is 0.589. The first kappa shape index (κ1) is 20.0. The summed E-state index contributed by atoms with van der Waals surface area (Å²) in [4.78, 5) is 9.53. The van der Waals surface area contributed by atoms with Gasteiger partial charge in [-0.05, 0) is 42.2 Å². The van der Waals surface area contributed by atoms with E-state index in [9.17, 15) is 0 Å². The zero-order valence-corrected chi connectivity index (χ0v) is 18.5. The number of benzene rings is 3. The number of ether oxygens (including phenoxy) is 1. The topological polar surface area (TPSA) is 41.5 Å². The van der Waals surface area contributed by atoms with Crippen molar-refractivity contribution in [1.29, 1.82) is 0 Å². The molecule has 1 saturated heterocycles. The SMILES string of the molecule is CN1CCN(c2cccc3ccc(OCCc4nc(-c5ccccc5)ns4)cc23)CC1. The van der Waals surface area contributed by atoms with Gasteiger partial charge in [-0.25, -0.2) is 4.98 Å². The monoisotopic (exact) mass is 430 g/mol. The zero-order chi connectivity index (χ0) is 21.0. The lowest BCUT2D eigenvalue weighted by atomic mass is 10.1. The molecule has 0 unspecified atom stereocenters. The van der Waals surface area contributed by atoms with Crippen molar-refractivity contribution in [3.63, 3.8) is 0 Å². The number of aromatic nitrogens is 2. The van der Waals surface area contributed by atoms with Crippen molar-refractivity contribution < 1.29 is 4.74 Å². The average Bonchev–Trinajstić information content (AvgIpc) is 3.29. The highest BCUT2D eigenvalue weighted by atomic mass is 32.1. The normalized spacial score (nSPS) is 14.8. The van der Waals surface area contributed by atoms with E-state index in [-0.39, 0.29) is 0 Å². The fraction of sp³-hybridized carbons (Fsp3) is 0.280. The summed E-state index contributed by atoms with van der Waals surface area (Å²) in [7, 11) is 2.19. The summed E-state index contributed by atoms with van der Waals surface area (Å²) in [5, 5.41) is 3.50. The molecule has 5 nitrogen and oxygen atoms in total. The van der Waals surface area contributed by atoms with Gasteiger partial charge in [0.25, 0.3) is 0 Å². The second-order valence-corrected chi connectivity index (χ2v) is 8.76. The molecule has 0 radical (unpaired) electrons. The summed E-state index contributed by atoms with van der Waals surface area (Å²) in [6.07, 6.45) is 0.753. The molecule has 0 N–H and O–H groups in total. The predicted octanol–water partition coefficient (Wildman–Crippen LogP) is 4.73. The molecule has 0 aliphatic carbocycles. The Morgan fingerprint density at radius 1 is 0.935 bits per heavy atom. The molecular weight excluding hydrogens is 404 g/mol. The Morgan fingerprint density at radius 3 is 2.61 bits per heavy atom. The van der Waals surface area contributed by atoms with Gasteiger partial charge in [0.15, 0.2) is 5.82 Å². The molecule has 31 heavy (non-hydrogen) atoms. The molecule has 6 heteroatoms. The number of nitrogens with zero attached hydrogens (tertiary/aromatic N) is 4. The van der Waals surface area contributed by atoms with E-state index in [0.29, 0.717) is 6.61 Å². The van der Waals surface area contributed by atoms with Crippen LogP contribution in [-0.2, 0) is 6.42 Å². The lowest BCUT2D eigenvalue weighted by Gasteiger charge is -2.34. The van der Waals surface area contributed by atoms with Crippen molar-refractivity contribution >= 4 is 28.0 Å². The molecule has 1 aromatic heterocycles. The smallest absolute Gasteiger partial charge is 0.173 e. The van der Waals surface area contributed by atoms with Crippen LogP contribution in [0.3, 0.4) is 0 Å². The molecule has 0 spiro atoms. The van der Waals surface area contributed by atoms with Crippen LogP contribution in [0.5, 0.6) is 5.75 Å². The fourth-order valence-electron chi connectivity index (χ4n) is 3.97. The Hall–Kier alpha value is -2.96. The van der Waals surface area contributed by atoms with Crippen molar-refractivity contribution in [3.05, 3.63) is 71.7 Å². The number of fused-ring (bicyclic) bond motifs is 1. The molecule has 1 aliphatic rings. The lowest BCUT2D eigenvalue weighted by Crippen LogP contribution is -2.44. The van der Waals surface area contributed by atoms with E-state index in [2.05, 4.69) is 62.6 Å². The second-order valence-electron chi connectivity index (χ2n) is 7.93. The van der Waals surface area contributed by atoms with E-state index in [1.165, 1.54) is 28.0 Å². The van der Waals surface area contributed by atoms with Gasteiger partial charge in [0.2, 0.25) is 0 Å². The highest BCUT2D eigenvalue weighted by molar-refractivity contribution is 7.05. The van der Waals surface area contributed by atoms with Crippen LogP contribution in [0, 0.1) is 0 Å². The Labute approximate surface area is 187 Å². The van der Waals surface area contributed by atoms with Gasteiger partial charge in [0.1, 0.15) is 10.8 Å². The van der Waals surface area contributed by atoms with Gasteiger partial charge in [-0.1, -0.05) is 48.5 Å². The molecule has 0 bridgehead atoms. The highest BCUT2D eigenvalue weighted by Crippen LogP contribution is 2.31. The molecule has 2 heterocycles. The Kier molecular flexibility index (Phi) is 5.82. The fourth-order valence-corrected chi connectivity index (χ4v) is 4.61. The van der Waals surface area contributed by atoms with E-state index in [0.717, 1.165) is 54.7 Å². The summed E-state index contributed by atoms with van der Waals surface area (Å²) >= 11 is 1.45. The van der Waals surface area contributed by atoms with Crippen molar-refractivity contribution in [1.82, 2.24) is 14.3 Å². The minimum absolute atomic E-state index is 0.589. The van der Waals surface area contributed by atoms with Gasteiger partial charge in [-0.3, -0.25) is 0 Å². The van der Waals surface area contributed by atoms with Crippen molar-refractivity contribution in [2.45, 2.75) is 6.42 Å². The molecule has 0 amide bonds. The van der Waals surface area contributed by atoms with Gasteiger partial charge in [0.05, 0.1) is 6.61 Å². The molecule has 0 saturated carbocycles. The third kappa shape index (κ3) is 4.55. The third-order valence-corrected chi connectivity index (χ3v) is 6.53. The maximum absolute atomic E-state index is 6.10. The van der Waals surface area contributed by atoms with Crippen LogP contribution >= 0.6 is 11.5 Å². The largest absolute Gasteiger partial charge is 0.493 e. The Morgan fingerprint density at radius 2 is 1.77 bits per heavy atom. The Bertz CT molecular complexity index is 1150. The summed E-state index contributed by atoms with van der Waals surface area (Å²) < 4.78 is 10.6. The number of hydrogen-bond donors (Lipinski definition) is 0. The van der Waals surface area contributed by atoms with Gasteiger partial charge in [0, 0.05) is 49.2 Å². The Balaban J connectivity index is 1.27. The molecule has 0 atom stereocenters. The quantitative estimate of drug-likeness (QED) is 0.442. The lowest BCUT2D eigenvalue weighted by molar-refractivity contribution is 0.313. The van der Waals surface area contributed by atoms with Crippen molar-refractivity contribution in [3.8, 4) is 17.1 Å². The second kappa shape index (κ2) is 9.04. The number of hydrogen-bond acceptors (Lipinski definition) is 6. The summed E-state index contributed by atoms with van der Waals surface area (Å²) in [5.74, 6) is 1.70. The molecule has 4 aromatic rings. The molecule has 1 aliphatic heterocycles. The van der Waals surface area contributed by atoms with Crippen LogP contribution in [0.15, 0.2) is 66.7 Å².